The lowest BCUT2D eigenvalue weighted by atomic mass is 9.85. The summed E-state index contributed by atoms with van der Waals surface area (Å²) in [6, 6.07) is 0. The minimum Gasteiger partial charge on any atom is -0.370 e. The van der Waals surface area contributed by atoms with Gasteiger partial charge < -0.3 is 14.6 Å². The fourth-order valence-electron chi connectivity index (χ4n) is 2.75. The Morgan fingerprint density at radius 3 is 2.84 bits per heavy atom. The van der Waals surface area contributed by atoms with Gasteiger partial charge in [0.15, 0.2) is 0 Å². The number of hydrogen-bond acceptors (Lipinski definition) is 5. The van der Waals surface area contributed by atoms with E-state index in [0.29, 0.717) is 18.4 Å². The van der Waals surface area contributed by atoms with Crippen LogP contribution in [0.3, 0.4) is 0 Å². The van der Waals surface area contributed by atoms with Crippen LogP contribution in [-0.4, -0.2) is 30.3 Å². The molecule has 5 nitrogen and oxygen atoms in total. The SMILES string of the molecule is CCOC(c1noc(CCNC)n1)C1CCCCC1. The van der Waals surface area contributed by atoms with Gasteiger partial charge in [0, 0.05) is 19.6 Å². The van der Waals surface area contributed by atoms with Gasteiger partial charge in [-0.05, 0) is 32.7 Å². The maximum absolute atomic E-state index is 5.88. The highest BCUT2D eigenvalue weighted by Crippen LogP contribution is 2.35. The summed E-state index contributed by atoms with van der Waals surface area (Å²) < 4.78 is 11.2. The number of nitrogens with zero attached hydrogens (tertiary/aromatic N) is 2. The zero-order valence-corrected chi connectivity index (χ0v) is 12.0. The Bertz CT molecular complexity index is 361. The lowest BCUT2D eigenvalue weighted by molar-refractivity contribution is -0.00145. The Hall–Kier alpha value is -0.940. The van der Waals surface area contributed by atoms with Crippen LogP contribution in [0.15, 0.2) is 4.52 Å². The molecule has 108 valence electrons. The maximum Gasteiger partial charge on any atom is 0.228 e. The normalized spacial score (nSPS) is 18.6. The van der Waals surface area contributed by atoms with Gasteiger partial charge in [0.2, 0.25) is 11.7 Å². The van der Waals surface area contributed by atoms with Crippen LogP contribution >= 0.6 is 0 Å². The first-order valence-corrected chi connectivity index (χ1v) is 7.43. The first-order valence-electron chi connectivity index (χ1n) is 7.43. The van der Waals surface area contributed by atoms with E-state index in [-0.39, 0.29) is 6.10 Å². The molecule has 0 aromatic carbocycles. The van der Waals surface area contributed by atoms with E-state index in [1.807, 2.05) is 14.0 Å². The molecular weight excluding hydrogens is 242 g/mol. The number of nitrogens with one attached hydrogen (secondary N) is 1. The summed E-state index contributed by atoms with van der Waals surface area (Å²) in [6.07, 6.45) is 7.13. The third-order valence-electron chi connectivity index (χ3n) is 3.75. The van der Waals surface area contributed by atoms with E-state index in [0.717, 1.165) is 18.8 Å². The van der Waals surface area contributed by atoms with Crippen LogP contribution in [0.5, 0.6) is 0 Å². The van der Waals surface area contributed by atoms with Crippen molar-refractivity contribution in [1.82, 2.24) is 15.5 Å². The second kappa shape index (κ2) is 7.60. The van der Waals surface area contributed by atoms with Crippen LogP contribution in [0.4, 0.5) is 0 Å². The first kappa shape index (κ1) is 14.5. The molecule has 5 heteroatoms. The molecule has 19 heavy (non-hydrogen) atoms. The van der Waals surface area contributed by atoms with E-state index in [1.165, 1.54) is 32.1 Å². The molecular formula is C14H25N3O2. The molecule has 1 aromatic heterocycles. The number of rotatable bonds is 7. The van der Waals surface area contributed by atoms with Gasteiger partial charge in [-0.3, -0.25) is 0 Å². The molecule has 0 radical (unpaired) electrons. The minimum atomic E-state index is 0.0115. The highest BCUT2D eigenvalue weighted by atomic mass is 16.5. The summed E-state index contributed by atoms with van der Waals surface area (Å²) in [5, 5.41) is 7.21. The molecule has 1 fully saturated rings. The number of ether oxygens (including phenoxy) is 1. The van der Waals surface area contributed by atoms with Gasteiger partial charge in [-0.1, -0.05) is 24.4 Å². The summed E-state index contributed by atoms with van der Waals surface area (Å²) in [7, 11) is 1.92. The van der Waals surface area contributed by atoms with Crippen molar-refractivity contribution >= 4 is 0 Å². The molecule has 1 unspecified atom stereocenters. The smallest absolute Gasteiger partial charge is 0.228 e. The molecule has 0 amide bonds. The van der Waals surface area contributed by atoms with Crippen LogP contribution in [0.1, 0.15) is 56.8 Å². The van der Waals surface area contributed by atoms with Crippen molar-refractivity contribution in [2.24, 2.45) is 5.92 Å². The molecule has 1 aliphatic rings. The van der Waals surface area contributed by atoms with E-state index < -0.39 is 0 Å². The van der Waals surface area contributed by atoms with E-state index in [2.05, 4.69) is 15.5 Å². The summed E-state index contributed by atoms with van der Waals surface area (Å²) in [4.78, 5) is 4.50. The van der Waals surface area contributed by atoms with Crippen molar-refractivity contribution in [3.63, 3.8) is 0 Å². The van der Waals surface area contributed by atoms with Gasteiger partial charge in [-0.25, -0.2) is 0 Å². The lowest BCUT2D eigenvalue weighted by Gasteiger charge is -2.27. The molecule has 1 aliphatic carbocycles. The van der Waals surface area contributed by atoms with Gasteiger partial charge >= 0.3 is 0 Å². The second-order valence-electron chi connectivity index (χ2n) is 5.17. The van der Waals surface area contributed by atoms with Crippen LogP contribution in [0.25, 0.3) is 0 Å². The number of likely N-dealkylation sites (N-methyl/N-ethyl adjacent to an activating group) is 1. The molecule has 0 saturated heterocycles. The van der Waals surface area contributed by atoms with Gasteiger partial charge in [0.1, 0.15) is 6.10 Å². The molecule has 1 N–H and O–H groups in total. The van der Waals surface area contributed by atoms with Crippen molar-refractivity contribution in [2.45, 2.75) is 51.6 Å². The van der Waals surface area contributed by atoms with Gasteiger partial charge in [-0.15, -0.1) is 0 Å². The fraction of sp³-hybridized carbons (Fsp3) is 0.857. The largest absolute Gasteiger partial charge is 0.370 e. The fourth-order valence-corrected chi connectivity index (χ4v) is 2.75. The zero-order chi connectivity index (χ0) is 13.5. The average Bonchev–Trinajstić information content (AvgIpc) is 2.92. The Balaban J connectivity index is 2.02. The second-order valence-corrected chi connectivity index (χ2v) is 5.17. The van der Waals surface area contributed by atoms with Crippen LogP contribution in [-0.2, 0) is 11.2 Å². The van der Waals surface area contributed by atoms with E-state index in [4.69, 9.17) is 9.26 Å². The maximum atomic E-state index is 5.88. The Labute approximate surface area is 115 Å². The van der Waals surface area contributed by atoms with E-state index >= 15 is 0 Å². The summed E-state index contributed by atoms with van der Waals surface area (Å²) in [5.41, 5.74) is 0. The predicted octanol–water partition coefficient (Wildman–Crippen LogP) is 2.49. The quantitative estimate of drug-likeness (QED) is 0.822. The standard InChI is InChI=1S/C14H25N3O2/c1-3-18-13(11-7-5-4-6-8-11)14-16-12(19-17-14)9-10-15-2/h11,13,15H,3-10H2,1-2H3. The van der Waals surface area contributed by atoms with Crippen LogP contribution in [0.2, 0.25) is 0 Å². The highest BCUT2D eigenvalue weighted by Gasteiger charge is 2.29. The van der Waals surface area contributed by atoms with Crippen molar-refractivity contribution < 1.29 is 9.26 Å². The zero-order valence-electron chi connectivity index (χ0n) is 12.0. The lowest BCUT2D eigenvalue weighted by Crippen LogP contribution is -2.20. The summed E-state index contributed by atoms with van der Waals surface area (Å²) in [5.74, 6) is 1.98. The molecule has 1 atom stereocenters. The summed E-state index contributed by atoms with van der Waals surface area (Å²) in [6.45, 7) is 3.57. The molecule has 1 aromatic rings. The average molecular weight is 267 g/mol. The van der Waals surface area contributed by atoms with E-state index in [9.17, 15) is 0 Å². The monoisotopic (exact) mass is 267 g/mol. The number of aromatic nitrogens is 2. The van der Waals surface area contributed by atoms with Crippen molar-refractivity contribution in [1.29, 1.82) is 0 Å². The van der Waals surface area contributed by atoms with E-state index in [1.54, 1.807) is 0 Å². The first-order chi connectivity index (χ1) is 9.35. The molecule has 0 aliphatic heterocycles. The predicted molar refractivity (Wildman–Crippen MR) is 72.9 cm³/mol. The molecule has 0 spiro atoms. The minimum absolute atomic E-state index is 0.0115. The number of hydrogen-bond donors (Lipinski definition) is 1. The van der Waals surface area contributed by atoms with Crippen molar-refractivity contribution in [3.05, 3.63) is 11.7 Å². The Kier molecular flexibility index (Phi) is 5.79. The third-order valence-corrected chi connectivity index (χ3v) is 3.75. The topological polar surface area (TPSA) is 60.2 Å². The van der Waals surface area contributed by atoms with Gasteiger partial charge in [-0.2, -0.15) is 4.98 Å². The van der Waals surface area contributed by atoms with Crippen LogP contribution in [0, 0.1) is 5.92 Å². The third kappa shape index (κ3) is 4.01. The Morgan fingerprint density at radius 1 is 1.37 bits per heavy atom. The molecule has 2 rings (SSSR count). The molecule has 1 saturated carbocycles. The highest BCUT2D eigenvalue weighted by molar-refractivity contribution is 4.95. The molecule has 0 bridgehead atoms. The van der Waals surface area contributed by atoms with Crippen molar-refractivity contribution in [2.75, 3.05) is 20.2 Å². The van der Waals surface area contributed by atoms with Gasteiger partial charge in [0.05, 0.1) is 0 Å². The van der Waals surface area contributed by atoms with Crippen molar-refractivity contribution in [3.8, 4) is 0 Å². The van der Waals surface area contributed by atoms with Gasteiger partial charge in [0.25, 0.3) is 0 Å². The molecule has 1 heterocycles. The van der Waals surface area contributed by atoms with Crippen LogP contribution < -0.4 is 5.32 Å². The summed E-state index contributed by atoms with van der Waals surface area (Å²) >= 11 is 0. The Morgan fingerprint density at radius 2 is 2.16 bits per heavy atom.